The number of esters is 1. The van der Waals surface area contributed by atoms with Gasteiger partial charge >= 0.3 is 5.97 Å². The second-order valence-electron chi connectivity index (χ2n) is 3.59. The molecule has 0 aliphatic carbocycles. The van der Waals surface area contributed by atoms with Crippen LogP contribution in [0.2, 0.25) is 0 Å². The Morgan fingerprint density at radius 3 is 3.29 bits per heavy atom. The van der Waals surface area contributed by atoms with E-state index in [4.69, 9.17) is 4.74 Å². The molecule has 0 spiro atoms. The van der Waals surface area contributed by atoms with E-state index in [2.05, 4.69) is 9.97 Å². The molecule has 0 bridgehead atoms. The number of aromatic nitrogens is 2. The smallest absolute Gasteiger partial charge is 0.309 e. The van der Waals surface area contributed by atoms with Gasteiger partial charge < -0.3 is 9.72 Å². The quantitative estimate of drug-likeness (QED) is 0.821. The lowest BCUT2D eigenvalue weighted by Gasteiger charge is -1.97. The second-order valence-corrected chi connectivity index (χ2v) is 3.59. The van der Waals surface area contributed by atoms with E-state index in [1.807, 2.05) is 24.4 Å². The topological polar surface area (TPSA) is 55.0 Å². The molecule has 17 heavy (non-hydrogen) atoms. The Bertz CT molecular complexity index is 543. The number of nitrogens with zero attached hydrogens (tertiary/aromatic N) is 1. The fraction of sp³-hybridized carbons (Fsp3) is 0.231. The van der Waals surface area contributed by atoms with Crippen molar-refractivity contribution < 1.29 is 9.53 Å². The van der Waals surface area contributed by atoms with Crippen molar-refractivity contribution in [3.8, 4) is 0 Å². The van der Waals surface area contributed by atoms with Crippen molar-refractivity contribution >= 4 is 23.1 Å². The summed E-state index contributed by atoms with van der Waals surface area (Å²) in [5, 5.41) is 0. The molecule has 88 valence electrons. The number of carbonyl (C=O) groups is 1. The average Bonchev–Trinajstić information content (AvgIpc) is 2.76. The van der Waals surface area contributed by atoms with Crippen LogP contribution in [0.4, 0.5) is 0 Å². The lowest BCUT2D eigenvalue weighted by atomic mass is 10.2. The summed E-state index contributed by atoms with van der Waals surface area (Å²) in [5.41, 5.74) is 2.89. The highest BCUT2D eigenvalue weighted by atomic mass is 16.5. The fourth-order valence-electron chi connectivity index (χ4n) is 1.55. The van der Waals surface area contributed by atoms with Crippen molar-refractivity contribution in [3.05, 3.63) is 36.2 Å². The summed E-state index contributed by atoms with van der Waals surface area (Å²) in [6.07, 6.45) is 7.56. The lowest BCUT2D eigenvalue weighted by Crippen LogP contribution is -2.01. The molecule has 2 heterocycles. The Balaban J connectivity index is 2.02. The molecule has 4 heteroatoms. The maximum Gasteiger partial charge on any atom is 0.309 e. The van der Waals surface area contributed by atoms with E-state index in [0.29, 0.717) is 6.61 Å². The van der Waals surface area contributed by atoms with Crippen LogP contribution in [0.15, 0.2) is 30.6 Å². The van der Waals surface area contributed by atoms with Gasteiger partial charge in [-0.25, -0.2) is 0 Å². The van der Waals surface area contributed by atoms with Crippen molar-refractivity contribution in [2.75, 3.05) is 6.61 Å². The van der Waals surface area contributed by atoms with Gasteiger partial charge in [0.05, 0.1) is 24.1 Å². The first-order chi connectivity index (χ1) is 8.29. The molecule has 0 saturated heterocycles. The normalized spacial score (nSPS) is 11.1. The molecule has 0 atom stereocenters. The predicted molar refractivity (Wildman–Crippen MR) is 66.4 cm³/mol. The number of hydrogen-bond donors (Lipinski definition) is 1. The van der Waals surface area contributed by atoms with Crippen molar-refractivity contribution in [2.45, 2.75) is 13.3 Å². The number of H-pyrrole nitrogens is 1. The number of hydrogen-bond acceptors (Lipinski definition) is 3. The van der Waals surface area contributed by atoms with E-state index in [1.54, 1.807) is 19.2 Å². The number of ether oxygens (including phenoxy) is 1. The van der Waals surface area contributed by atoms with E-state index >= 15 is 0 Å². The van der Waals surface area contributed by atoms with Crippen LogP contribution in [0.3, 0.4) is 0 Å². The molecule has 0 aromatic carbocycles. The summed E-state index contributed by atoms with van der Waals surface area (Å²) < 4.78 is 4.83. The predicted octanol–water partition coefficient (Wildman–Crippen LogP) is 2.53. The van der Waals surface area contributed by atoms with Crippen molar-refractivity contribution in [2.24, 2.45) is 0 Å². The zero-order valence-corrected chi connectivity index (χ0v) is 9.64. The number of rotatable bonds is 4. The standard InChI is InChI=1S/C13H14N2O2/c1-2-17-13(16)5-3-4-10-8-12-11(15-9-10)6-7-14-12/h3-4,6-9,14H,2,5H2,1H3. The number of fused-ring (bicyclic) bond motifs is 1. The van der Waals surface area contributed by atoms with Gasteiger partial charge in [-0.15, -0.1) is 0 Å². The van der Waals surface area contributed by atoms with E-state index < -0.39 is 0 Å². The van der Waals surface area contributed by atoms with E-state index in [-0.39, 0.29) is 12.4 Å². The molecule has 0 amide bonds. The largest absolute Gasteiger partial charge is 0.466 e. The molecular weight excluding hydrogens is 216 g/mol. The zero-order chi connectivity index (χ0) is 12.1. The molecule has 0 unspecified atom stereocenters. The van der Waals surface area contributed by atoms with Crippen LogP contribution < -0.4 is 0 Å². The molecular formula is C13H14N2O2. The molecule has 0 aliphatic heterocycles. The van der Waals surface area contributed by atoms with Gasteiger partial charge in [-0.2, -0.15) is 0 Å². The number of carbonyl (C=O) groups excluding carboxylic acids is 1. The molecule has 0 aliphatic rings. The maximum absolute atomic E-state index is 11.1. The fourth-order valence-corrected chi connectivity index (χ4v) is 1.55. The van der Waals surface area contributed by atoms with Gasteiger partial charge in [-0.3, -0.25) is 9.78 Å². The van der Waals surface area contributed by atoms with Crippen LogP contribution in [0.1, 0.15) is 18.9 Å². The summed E-state index contributed by atoms with van der Waals surface area (Å²) in [4.78, 5) is 18.5. The number of pyridine rings is 1. The highest BCUT2D eigenvalue weighted by Crippen LogP contribution is 2.12. The van der Waals surface area contributed by atoms with Crippen LogP contribution in [0, 0.1) is 0 Å². The summed E-state index contributed by atoms with van der Waals surface area (Å²) >= 11 is 0. The molecule has 0 saturated carbocycles. The zero-order valence-electron chi connectivity index (χ0n) is 9.64. The highest BCUT2D eigenvalue weighted by Gasteiger charge is 1.98. The maximum atomic E-state index is 11.1. The van der Waals surface area contributed by atoms with Gasteiger partial charge in [-0.05, 0) is 24.6 Å². The molecule has 2 aromatic heterocycles. The molecule has 2 aromatic rings. The Hall–Kier alpha value is -2.10. The molecule has 0 radical (unpaired) electrons. The summed E-state index contributed by atoms with van der Waals surface area (Å²) in [5.74, 6) is -0.210. The minimum Gasteiger partial charge on any atom is -0.466 e. The second kappa shape index (κ2) is 5.30. The van der Waals surface area contributed by atoms with Crippen LogP contribution in [0.25, 0.3) is 17.1 Å². The van der Waals surface area contributed by atoms with Crippen molar-refractivity contribution in [1.82, 2.24) is 9.97 Å². The van der Waals surface area contributed by atoms with E-state index in [9.17, 15) is 4.79 Å². The third-order valence-electron chi connectivity index (χ3n) is 2.32. The van der Waals surface area contributed by atoms with Gasteiger partial charge in [0.15, 0.2) is 0 Å². The first-order valence-electron chi connectivity index (χ1n) is 5.55. The Morgan fingerprint density at radius 2 is 2.47 bits per heavy atom. The number of nitrogens with one attached hydrogen (secondary N) is 1. The molecule has 1 N–H and O–H groups in total. The summed E-state index contributed by atoms with van der Waals surface area (Å²) in [6, 6.07) is 3.91. The van der Waals surface area contributed by atoms with Gasteiger partial charge in [-0.1, -0.05) is 12.2 Å². The Kier molecular flexibility index (Phi) is 3.55. The number of aromatic amines is 1. The van der Waals surface area contributed by atoms with Crippen LogP contribution in [-0.2, 0) is 9.53 Å². The Morgan fingerprint density at radius 1 is 1.59 bits per heavy atom. The van der Waals surface area contributed by atoms with E-state index in [1.165, 1.54) is 0 Å². The average molecular weight is 230 g/mol. The monoisotopic (exact) mass is 230 g/mol. The Labute approximate surface area is 99.3 Å². The molecule has 0 fully saturated rings. The minimum absolute atomic E-state index is 0.210. The molecule has 2 rings (SSSR count). The van der Waals surface area contributed by atoms with Gasteiger partial charge in [0.2, 0.25) is 0 Å². The SMILES string of the molecule is CCOC(=O)CC=Cc1cnc2cc[nH]c2c1. The summed E-state index contributed by atoms with van der Waals surface area (Å²) in [6.45, 7) is 2.22. The third kappa shape index (κ3) is 2.93. The molecule has 4 nitrogen and oxygen atoms in total. The van der Waals surface area contributed by atoms with Gasteiger partial charge in [0, 0.05) is 12.4 Å². The first-order valence-corrected chi connectivity index (χ1v) is 5.55. The van der Waals surface area contributed by atoms with E-state index in [0.717, 1.165) is 16.6 Å². The van der Waals surface area contributed by atoms with Crippen molar-refractivity contribution in [3.63, 3.8) is 0 Å². The van der Waals surface area contributed by atoms with Crippen LogP contribution in [-0.4, -0.2) is 22.5 Å². The van der Waals surface area contributed by atoms with Gasteiger partial charge in [0.1, 0.15) is 0 Å². The minimum atomic E-state index is -0.210. The van der Waals surface area contributed by atoms with Crippen LogP contribution >= 0.6 is 0 Å². The lowest BCUT2D eigenvalue weighted by molar-refractivity contribution is -0.142. The third-order valence-corrected chi connectivity index (χ3v) is 2.32. The summed E-state index contributed by atoms with van der Waals surface area (Å²) in [7, 11) is 0. The van der Waals surface area contributed by atoms with Gasteiger partial charge in [0.25, 0.3) is 0 Å². The first kappa shape index (κ1) is 11.4. The van der Waals surface area contributed by atoms with Crippen LogP contribution in [0.5, 0.6) is 0 Å². The highest BCUT2D eigenvalue weighted by molar-refractivity contribution is 5.78. The van der Waals surface area contributed by atoms with Crippen molar-refractivity contribution in [1.29, 1.82) is 0 Å².